The molecule has 3 heterocycles. The minimum absolute atomic E-state index is 0.0689. The Kier molecular flexibility index (Phi) is 7.38. The van der Waals surface area contributed by atoms with Crippen LogP contribution < -0.4 is 5.56 Å². The third-order valence-electron chi connectivity index (χ3n) is 4.47. The van der Waals surface area contributed by atoms with Gasteiger partial charge in [-0.05, 0) is 12.0 Å². The normalized spacial score (nSPS) is 14.3. The van der Waals surface area contributed by atoms with Gasteiger partial charge in [0.15, 0.2) is 0 Å². The summed E-state index contributed by atoms with van der Waals surface area (Å²) in [5.74, 6) is -2.76. The summed E-state index contributed by atoms with van der Waals surface area (Å²) >= 11 is 0. The van der Waals surface area contributed by atoms with Crippen molar-refractivity contribution in [3.8, 4) is 0 Å². The summed E-state index contributed by atoms with van der Waals surface area (Å²) in [6, 6.07) is 3.67. The van der Waals surface area contributed by atoms with Crippen LogP contribution in [0.1, 0.15) is 16.8 Å². The van der Waals surface area contributed by atoms with Crippen molar-refractivity contribution in [3.63, 3.8) is 0 Å². The number of hydrogen-bond acceptors (Lipinski definition) is 4. The van der Waals surface area contributed by atoms with Crippen molar-refractivity contribution in [1.29, 1.82) is 0 Å². The number of nitrogens with zero attached hydrogens (tertiary/aromatic N) is 4. The summed E-state index contributed by atoms with van der Waals surface area (Å²) < 4.78 is 35.4. The van der Waals surface area contributed by atoms with Gasteiger partial charge in [-0.2, -0.15) is 18.3 Å². The Labute approximate surface area is 165 Å². The van der Waals surface area contributed by atoms with Crippen LogP contribution in [-0.4, -0.2) is 49.6 Å². The quantitative estimate of drug-likeness (QED) is 0.777. The van der Waals surface area contributed by atoms with Crippen LogP contribution in [0.25, 0.3) is 0 Å². The standard InChI is InChI=1S/C17H22N4O.C2HF3O2/c1-3-8-21-16-7-10-20(13-14-11-18-19(2)12-14)9-6-15(16)4-5-17(21)22;3-2(4,5)1(6)7/h3-5,11-12H,1,6-10,13H2,2H3;(H,6,7). The summed E-state index contributed by atoms with van der Waals surface area (Å²) in [6.07, 6.45) is 2.57. The third-order valence-corrected chi connectivity index (χ3v) is 4.47. The van der Waals surface area contributed by atoms with E-state index in [1.807, 2.05) is 28.6 Å². The molecule has 1 aliphatic rings. The number of alkyl halides is 3. The molecule has 0 unspecified atom stereocenters. The summed E-state index contributed by atoms with van der Waals surface area (Å²) in [5, 5.41) is 11.4. The Balaban J connectivity index is 0.000000370. The molecule has 158 valence electrons. The predicted octanol–water partition coefficient (Wildman–Crippen LogP) is 2.00. The molecule has 0 amide bonds. The first-order valence-corrected chi connectivity index (χ1v) is 8.94. The molecule has 2 aromatic heterocycles. The molecule has 29 heavy (non-hydrogen) atoms. The Morgan fingerprint density at radius 3 is 2.52 bits per heavy atom. The highest BCUT2D eigenvalue weighted by Crippen LogP contribution is 2.16. The van der Waals surface area contributed by atoms with Crippen molar-refractivity contribution < 1.29 is 23.1 Å². The van der Waals surface area contributed by atoms with Crippen LogP contribution in [0.4, 0.5) is 13.2 Å². The highest BCUT2D eigenvalue weighted by Gasteiger charge is 2.38. The maximum Gasteiger partial charge on any atom is 0.490 e. The van der Waals surface area contributed by atoms with Crippen molar-refractivity contribution in [3.05, 3.63) is 64.4 Å². The minimum Gasteiger partial charge on any atom is -0.475 e. The number of carboxylic acid groups (broad SMARTS) is 1. The fourth-order valence-corrected chi connectivity index (χ4v) is 3.14. The van der Waals surface area contributed by atoms with Crippen LogP contribution in [0.15, 0.2) is 42.0 Å². The number of hydrogen-bond donors (Lipinski definition) is 1. The molecule has 0 fully saturated rings. The lowest BCUT2D eigenvalue weighted by Crippen LogP contribution is -2.26. The number of carbonyl (C=O) groups is 1. The highest BCUT2D eigenvalue weighted by atomic mass is 19.4. The molecule has 7 nitrogen and oxygen atoms in total. The van der Waals surface area contributed by atoms with E-state index in [1.165, 1.54) is 16.8 Å². The number of aryl methyl sites for hydroxylation is 1. The average molecular weight is 412 g/mol. The van der Waals surface area contributed by atoms with Crippen LogP contribution >= 0.6 is 0 Å². The lowest BCUT2D eigenvalue weighted by Gasteiger charge is -2.18. The highest BCUT2D eigenvalue weighted by molar-refractivity contribution is 5.73. The lowest BCUT2D eigenvalue weighted by molar-refractivity contribution is -0.192. The van der Waals surface area contributed by atoms with E-state index in [0.29, 0.717) is 6.54 Å². The van der Waals surface area contributed by atoms with Crippen LogP contribution in [0, 0.1) is 0 Å². The Morgan fingerprint density at radius 1 is 1.31 bits per heavy atom. The number of aromatic nitrogens is 3. The second-order valence-corrected chi connectivity index (χ2v) is 6.64. The van der Waals surface area contributed by atoms with Crippen molar-refractivity contribution in [2.24, 2.45) is 7.05 Å². The molecule has 1 N–H and O–H groups in total. The predicted molar refractivity (Wildman–Crippen MR) is 100 cm³/mol. The van der Waals surface area contributed by atoms with Gasteiger partial charge >= 0.3 is 12.1 Å². The zero-order valence-corrected chi connectivity index (χ0v) is 16.0. The number of fused-ring (bicyclic) bond motifs is 1. The van der Waals surface area contributed by atoms with Gasteiger partial charge in [0.25, 0.3) is 5.56 Å². The van der Waals surface area contributed by atoms with Crippen molar-refractivity contribution in [1.82, 2.24) is 19.2 Å². The Hall–Kier alpha value is -2.88. The van der Waals surface area contributed by atoms with Gasteiger partial charge in [0, 0.05) is 63.2 Å². The topological polar surface area (TPSA) is 80.4 Å². The molecular weight excluding hydrogens is 389 g/mol. The largest absolute Gasteiger partial charge is 0.490 e. The van der Waals surface area contributed by atoms with Crippen LogP contribution in [0.3, 0.4) is 0 Å². The molecule has 1 aliphatic heterocycles. The fourth-order valence-electron chi connectivity index (χ4n) is 3.14. The smallest absolute Gasteiger partial charge is 0.475 e. The summed E-state index contributed by atoms with van der Waals surface area (Å²) in [4.78, 5) is 23.4. The van der Waals surface area contributed by atoms with Gasteiger partial charge in [-0.3, -0.25) is 14.4 Å². The number of carboxylic acids is 1. The van der Waals surface area contributed by atoms with Crippen LogP contribution in [-0.2, 0) is 37.8 Å². The molecular formula is C19H23F3N4O3. The number of rotatable bonds is 4. The van der Waals surface area contributed by atoms with Gasteiger partial charge in [0.05, 0.1) is 6.20 Å². The van der Waals surface area contributed by atoms with Crippen molar-refractivity contribution in [2.45, 2.75) is 32.1 Å². The molecule has 0 bridgehead atoms. The van der Waals surface area contributed by atoms with Crippen molar-refractivity contribution >= 4 is 5.97 Å². The molecule has 0 saturated carbocycles. The second kappa shape index (κ2) is 9.55. The van der Waals surface area contributed by atoms with E-state index >= 15 is 0 Å². The zero-order valence-electron chi connectivity index (χ0n) is 16.0. The van der Waals surface area contributed by atoms with Gasteiger partial charge in [0.2, 0.25) is 0 Å². The number of aliphatic carboxylic acids is 1. The van der Waals surface area contributed by atoms with Crippen LogP contribution in [0.5, 0.6) is 0 Å². The monoisotopic (exact) mass is 412 g/mol. The SMILES string of the molecule is C=CCn1c2c(ccc1=O)CCN(Cc1cnn(C)c1)CC2.O=C(O)C(F)(F)F. The lowest BCUT2D eigenvalue weighted by atomic mass is 10.1. The number of pyridine rings is 1. The molecule has 0 saturated heterocycles. The van der Waals surface area contributed by atoms with E-state index in [2.05, 4.69) is 22.8 Å². The maximum absolute atomic E-state index is 12.1. The molecule has 0 aromatic carbocycles. The molecule has 0 spiro atoms. The van der Waals surface area contributed by atoms with E-state index in [4.69, 9.17) is 9.90 Å². The summed E-state index contributed by atoms with van der Waals surface area (Å²) in [5.41, 5.74) is 3.76. The molecule has 2 aromatic rings. The Bertz CT molecular complexity index is 918. The molecule has 0 aliphatic carbocycles. The Morgan fingerprint density at radius 2 is 1.97 bits per heavy atom. The average Bonchev–Trinajstić information content (AvgIpc) is 2.93. The van der Waals surface area contributed by atoms with E-state index in [9.17, 15) is 18.0 Å². The summed E-state index contributed by atoms with van der Waals surface area (Å²) in [6.45, 7) is 7.23. The second-order valence-electron chi connectivity index (χ2n) is 6.64. The van der Waals surface area contributed by atoms with Gasteiger partial charge < -0.3 is 9.67 Å². The maximum atomic E-state index is 12.1. The zero-order chi connectivity index (χ0) is 21.6. The first-order valence-electron chi connectivity index (χ1n) is 8.94. The first kappa shape index (κ1) is 22.4. The van der Waals surface area contributed by atoms with Gasteiger partial charge in [-0.1, -0.05) is 12.1 Å². The van der Waals surface area contributed by atoms with E-state index in [-0.39, 0.29) is 5.56 Å². The van der Waals surface area contributed by atoms with E-state index < -0.39 is 12.1 Å². The molecule has 10 heteroatoms. The fraction of sp³-hybridized carbons (Fsp3) is 0.421. The van der Waals surface area contributed by atoms with E-state index in [0.717, 1.165) is 32.5 Å². The van der Waals surface area contributed by atoms with Gasteiger partial charge in [-0.15, -0.1) is 6.58 Å². The van der Waals surface area contributed by atoms with Gasteiger partial charge in [0.1, 0.15) is 0 Å². The van der Waals surface area contributed by atoms with Crippen LogP contribution in [0.2, 0.25) is 0 Å². The number of allylic oxidation sites excluding steroid dienone is 1. The third kappa shape index (κ3) is 6.31. The summed E-state index contributed by atoms with van der Waals surface area (Å²) in [7, 11) is 1.94. The molecule has 0 radical (unpaired) electrons. The molecule has 0 atom stereocenters. The van der Waals surface area contributed by atoms with Crippen molar-refractivity contribution in [2.75, 3.05) is 13.1 Å². The van der Waals surface area contributed by atoms with E-state index in [1.54, 1.807) is 12.1 Å². The minimum atomic E-state index is -5.08. The number of halogens is 3. The van der Waals surface area contributed by atoms with Gasteiger partial charge in [-0.25, -0.2) is 4.79 Å². The molecule has 3 rings (SSSR count). The first-order chi connectivity index (χ1) is 13.6.